The van der Waals surface area contributed by atoms with Crippen molar-refractivity contribution in [1.29, 1.82) is 0 Å². The fraction of sp³-hybridized carbons (Fsp3) is 0.286. The van der Waals surface area contributed by atoms with E-state index in [0.717, 1.165) is 0 Å². The largest absolute Gasteiger partial charge is 0.423 e. The molecule has 1 rings (SSSR count). The number of hydrogen-bond donors (Lipinski definition) is 1. The second kappa shape index (κ2) is 5.14. The van der Waals surface area contributed by atoms with Crippen LogP contribution >= 0.6 is 0 Å². The van der Waals surface area contributed by atoms with Gasteiger partial charge in [-0.1, -0.05) is 6.58 Å². The van der Waals surface area contributed by atoms with Crippen LogP contribution in [0.1, 0.15) is 31.1 Å². The predicted molar refractivity (Wildman–Crippen MR) is 67.5 cm³/mol. The summed E-state index contributed by atoms with van der Waals surface area (Å²) in [4.78, 5) is 23.0. The lowest BCUT2D eigenvalue weighted by atomic mass is 9.97. The molecule has 0 saturated heterocycles. The quantitative estimate of drug-likeness (QED) is 0.383. The second-order valence-corrected chi connectivity index (χ2v) is 4.58. The Morgan fingerprint density at radius 1 is 1.22 bits per heavy atom. The van der Waals surface area contributed by atoms with Gasteiger partial charge in [0.1, 0.15) is 11.4 Å². The van der Waals surface area contributed by atoms with Gasteiger partial charge in [-0.05, 0) is 45.0 Å². The van der Waals surface area contributed by atoms with E-state index in [1.807, 2.05) is 0 Å². The van der Waals surface area contributed by atoms with E-state index >= 15 is 0 Å². The monoisotopic (exact) mass is 248 g/mol. The van der Waals surface area contributed by atoms with Gasteiger partial charge < -0.3 is 9.84 Å². The Labute approximate surface area is 106 Å². The number of benzene rings is 1. The van der Waals surface area contributed by atoms with Gasteiger partial charge in [0.2, 0.25) is 0 Å². The molecule has 0 spiro atoms. The standard InChI is InChI=1S/C14H16O4/c1-9(2)13(16)18-11-7-5-10(6-8-11)12(15)14(3,4)17/h5-8,17H,1H2,2-4H3. The first-order valence-electron chi connectivity index (χ1n) is 5.47. The lowest BCUT2D eigenvalue weighted by Gasteiger charge is -2.15. The summed E-state index contributed by atoms with van der Waals surface area (Å²) in [5, 5.41) is 9.58. The van der Waals surface area contributed by atoms with E-state index in [-0.39, 0.29) is 5.78 Å². The van der Waals surface area contributed by atoms with E-state index in [9.17, 15) is 14.7 Å². The van der Waals surface area contributed by atoms with Crippen LogP contribution in [0.3, 0.4) is 0 Å². The van der Waals surface area contributed by atoms with Crippen molar-refractivity contribution < 1.29 is 19.4 Å². The highest BCUT2D eigenvalue weighted by atomic mass is 16.5. The van der Waals surface area contributed by atoms with E-state index in [0.29, 0.717) is 16.9 Å². The van der Waals surface area contributed by atoms with Crippen molar-refractivity contribution in [2.45, 2.75) is 26.4 Å². The number of Topliss-reactive ketones (excluding diaryl/α,β-unsaturated/α-hetero) is 1. The van der Waals surface area contributed by atoms with Crippen molar-refractivity contribution in [3.05, 3.63) is 42.0 Å². The summed E-state index contributed by atoms with van der Waals surface area (Å²) >= 11 is 0. The van der Waals surface area contributed by atoms with Gasteiger partial charge in [-0.3, -0.25) is 4.79 Å². The van der Waals surface area contributed by atoms with Crippen LogP contribution in [0.5, 0.6) is 5.75 Å². The third-order valence-electron chi connectivity index (χ3n) is 2.23. The average Bonchev–Trinajstić information content (AvgIpc) is 2.27. The van der Waals surface area contributed by atoms with Crippen molar-refractivity contribution in [1.82, 2.24) is 0 Å². The lowest BCUT2D eigenvalue weighted by molar-refractivity contribution is -0.130. The minimum absolute atomic E-state index is 0.298. The molecule has 4 nitrogen and oxygen atoms in total. The summed E-state index contributed by atoms with van der Waals surface area (Å²) in [6.45, 7) is 7.86. The summed E-state index contributed by atoms with van der Waals surface area (Å²) in [7, 11) is 0. The number of ketones is 1. The minimum atomic E-state index is -1.42. The topological polar surface area (TPSA) is 63.6 Å². The van der Waals surface area contributed by atoms with Crippen LogP contribution in [0.4, 0.5) is 0 Å². The molecule has 1 aromatic carbocycles. The molecule has 0 aliphatic carbocycles. The SMILES string of the molecule is C=C(C)C(=O)Oc1ccc(C(=O)C(C)(C)O)cc1. The number of carbonyl (C=O) groups excluding carboxylic acids is 2. The van der Waals surface area contributed by atoms with Gasteiger partial charge in [0.15, 0.2) is 5.78 Å². The van der Waals surface area contributed by atoms with Gasteiger partial charge in [0.05, 0.1) is 0 Å². The first kappa shape index (κ1) is 14.1. The Bertz CT molecular complexity index is 478. The Morgan fingerprint density at radius 2 is 1.72 bits per heavy atom. The number of aliphatic hydroxyl groups is 1. The molecular formula is C14H16O4. The molecule has 0 saturated carbocycles. The van der Waals surface area contributed by atoms with Crippen LogP contribution in [0, 0.1) is 0 Å². The zero-order valence-electron chi connectivity index (χ0n) is 10.7. The molecule has 0 unspecified atom stereocenters. The lowest BCUT2D eigenvalue weighted by Crippen LogP contribution is -2.30. The maximum atomic E-state index is 11.7. The minimum Gasteiger partial charge on any atom is -0.423 e. The van der Waals surface area contributed by atoms with E-state index in [2.05, 4.69) is 6.58 Å². The number of carbonyl (C=O) groups is 2. The van der Waals surface area contributed by atoms with Crippen LogP contribution in [-0.2, 0) is 4.79 Å². The van der Waals surface area contributed by atoms with Crippen molar-refractivity contribution in [2.24, 2.45) is 0 Å². The molecule has 4 heteroatoms. The van der Waals surface area contributed by atoms with Crippen molar-refractivity contribution >= 4 is 11.8 Å². The van der Waals surface area contributed by atoms with E-state index in [1.165, 1.54) is 38.1 Å². The van der Waals surface area contributed by atoms with Crippen LogP contribution in [0.25, 0.3) is 0 Å². The zero-order valence-corrected chi connectivity index (χ0v) is 10.7. The molecule has 0 bridgehead atoms. The Morgan fingerprint density at radius 3 is 2.11 bits per heavy atom. The number of ether oxygens (including phenoxy) is 1. The summed E-state index contributed by atoms with van der Waals surface area (Å²) in [5.74, 6) is -0.577. The zero-order chi connectivity index (χ0) is 13.9. The van der Waals surface area contributed by atoms with Crippen LogP contribution in [0.15, 0.2) is 36.4 Å². The normalized spacial score (nSPS) is 10.9. The predicted octanol–water partition coefficient (Wildman–Crippen LogP) is 2.12. The highest BCUT2D eigenvalue weighted by Crippen LogP contribution is 2.17. The summed E-state index contributed by atoms with van der Waals surface area (Å²) in [6.07, 6.45) is 0. The highest BCUT2D eigenvalue weighted by Gasteiger charge is 2.25. The molecule has 96 valence electrons. The molecule has 0 heterocycles. The van der Waals surface area contributed by atoms with E-state index in [4.69, 9.17) is 4.74 Å². The fourth-order valence-electron chi connectivity index (χ4n) is 1.22. The molecule has 0 atom stereocenters. The molecule has 0 aliphatic heterocycles. The number of rotatable bonds is 4. The first-order valence-corrected chi connectivity index (χ1v) is 5.47. The van der Waals surface area contributed by atoms with Crippen LogP contribution in [0.2, 0.25) is 0 Å². The smallest absolute Gasteiger partial charge is 0.338 e. The van der Waals surface area contributed by atoms with Gasteiger partial charge in [-0.15, -0.1) is 0 Å². The van der Waals surface area contributed by atoms with E-state index in [1.54, 1.807) is 6.92 Å². The highest BCUT2D eigenvalue weighted by molar-refractivity contribution is 6.01. The Kier molecular flexibility index (Phi) is 4.03. The molecule has 1 aromatic rings. The molecule has 18 heavy (non-hydrogen) atoms. The van der Waals surface area contributed by atoms with Gasteiger partial charge in [-0.2, -0.15) is 0 Å². The summed E-state index contributed by atoms with van der Waals surface area (Å²) in [6, 6.07) is 6.00. The number of hydrogen-bond acceptors (Lipinski definition) is 4. The van der Waals surface area contributed by atoms with Crippen molar-refractivity contribution in [2.75, 3.05) is 0 Å². The van der Waals surface area contributed by atoms with Gasteiger partial charge in [0, 0.05) is 11.1 Å². The first-order chi connectivity index (χ1) is 8.21. The van der Waals surface area contributed by atoms with Gasteiger partial charge in [-0.25, -0.2) is 4.79 Å². The maximum absolute atomic E-state index is 11.7. The average molecular weight is 248 g/mol. The van der Waals surface area contributed by atoms with Crippen LogP contribution < -0.4 is 4.74 Å². The fourth-order valence-corrected chi connectivity index (χ4v) is 1.22. The molecule has 0 aliphatic rings. The van der Waals surface area contributed by atoms with Crippen LogP contribution in [-0.4, -0.2) is 22.5 Å². The summed E-state index contributed by atoms with van der Waals surface area (Å²) in [5.41, 5.74) is -0.764. The van der Waals surface area contributed by atoms with Crippen molar-refractivity contribution in [3.63, 3.8) is 0 Å². The Balaban J connectivity index is 2.84. The maximum Gasteiger partial charge on any atom is 0.338 e. The molecule has 0 amide bonds. The third-order valence-corrected chi connectivity index (χ3v) is 2.23. The molecule has 1 N–H and O–H groups in total. The van der Waals surface area contributed by atoms with Gasteiger partial charge >= 0.3 is 5.97 Å². The second-order valence-electron chi connectivity index (χ2n) is 4.58. The van der Waals surface area contributed by atoms with Crippen molar-refractivity contribution in [3.8, 4) is 5.75 Å². The van der Waals surface area contributed by atoms with E-state index < -0.39 is 11.6 Å². The number of esters is 1. The molecule has 0 fully saturated rings. The summed E-state index contributed by atoms with van der Waals surface area (Å²) < 4.78 is 4.98. The molecule has 0 radical (unpaired) electrons. The third kappa shape index (κ3) is 3.53. The Hall–Kier alpha value is -1.94. The molecular weight excluding hydrogens is 232 g/mol. The molecule has 0 aromatic heterocycles. The van der Waals surface area contributed by atoms with Gasteiger partial charge in [0.25, 0.3) is 0 Å².